The molecule has 0 bridgehead atoms. The van der Waals surface area contributed by atoms with E-state index in [9.17, 15) is 13.6 Å². The lowest BCUT2D eigenvalue weighted by molar-refractivity contribution is -0.142. The predicted molar refractivity (Wildman–Crippen MR) is 119 cm³/mol. The first-order chi connectivity index (χ1) is 13.5. The smallest absolute Gasteiger partial charge is 0.329 e. The van der Waals surface area contributed by atoms with Crippen LogP contribution in [0.1, 0.15) is 17.0 Å². The van der Waals surface area contributed by atoms with Crippen molar-refractivity contribution in [2.24, 2.45) is 0 Å². The molecule has 0 saturated carbocycles. The van der Waals surface area contributed by atoms with Crippen molar-refractivity contribution in [1.29, 1.82) is 0 Å². The van der Waals surface area contributed by atoms with Crippen molar-refractivity contribution < 1.29 is 28.9 Å². The molecule has 1 aliphatic rings. The molecule has 0 amide bonds. The Morgan fingerprint density at radius 2 is 1.58 bits per heavy atom. The molecule has 1 heterocycles. The lowest BCUT2D eigenvalue weighted by atomic mass is 9.83. The summed E-state index contributed by atoms with van der Waals surface area (Å²) in [6.07, 6.45) is 0. The number of carbonyl (C=O) groups is 1. The molecule has 3 rings (SSSR count). The van der Waals surface area contributed by atoms with Crippen LogP contribution in [0.25, 0.3) is 0 Å². The first-order valence-electron chi connectivity index (χ1n) is 9.30. The van der Waals surface area contributed by atoms with Crippen LogP contribution in [0.3, 0.4) is 0 Å². The van der Waals surface area contributed by atoms with Gasteiger partial charge >= 0.3 is 5.97 Å². The van der Waals surface area contributed by atoms with Crippen LogP contribution in [0.2, 0.25) is 0 Å². The van der Waals surface area contributed by atoms with Crippen LogP contribution >= 0.6 is 24.8 Å². The SMILES string of the molecule is Cl.Cl.O.O=C(O)COCCN1CCNCC1C(c1ccc(F)cc1)c1ccc(F)cc1. The van der Waals surface area contributed by atoms with Gasteiger partial charge in [-0.15, -0.1) is 24.8 Å². The third kappa shape index (κ3) is 8.33. The van der Waals surface area contributed by atoms with Gasteiger partial charge in [-0.2, -0.15) is 0 Å². The van der Waals surface area contributed by atoms with Crippen molar-refractivity contribution in [3.63, 3.8) is 0 Å². The molecule has 2 aromatic rings. The second kappa shape index (κ2) is 14.3. The highest BCUT2D eigenvalue weighted by molar-refractivity contribution is 5.85. The van der Waals surface area contributed by atoms with Crippen LogP contribution in [-0.4, -0.2) is 66.9 Å². The first-order valence-corrected chi connectivity index (χ1v) is 9.30. The molecule has 0 aliphatic carbocycles. The number of carboxylic acids is 1. The molecule has 6 nitrogen and oxygen atoms in total. The molecule has 1 aliphatic heterocycles. The fourth-order valence-corrected chi connectivity index (χ4v) is 3.69. The van der Waals surface area contributed by atoms with E-state index in [1.165, 1.54) is 24.3 Å². The molecule has 10 heteroatoms. The summed E-state index contributed by atoms with van der Waals surface area (Å²) in [5.41, 5.74) is 1.89. The van der Waals surface area contributed by atoms with E-state index in [1.807, 2.05) is 0 Å². The van der Waals surface area contributed by atoms with Gasteiger partial charge in [0.05, 0.1) is 6.61 Å². The molecule has 0 radical (unpaired) electrons. The monoisotopic (exact) mass is 480 g/mol. The van der Waals surface area contributed by atoms with Gasteiger partial charge in [0.25, 0.3) is 0 Å². The summed E-state index contributed by atoms with van der Waals surface area (Å²) in [6.45, 7) is 2.87. The minimum Gasteiger partial charge on any atom is -0.480 e. The number of carboxylic acid groups (broad SMARTS) is 1. The van der Waals surface area contributed by atoms with E-state index in [4.69, 9.17) is 9.84 Å². The molecule has 2 aromatic carbocycles. The number of benzene rings is 2. The topological polar surface area (TPSA) is 93.3 Å². The average Bonchev–Trinajstić information content (AvgIpc) is 2.69. The van der Waals surface area contributed by atoms with Crippen LogP contribution in [0.4, 0.5) is 8.78 Å². The predicted octanol–water partition coefficient (Wildman–Crippen LogP) is 2.49. The fourth-order valence-electron chi connectivity index (χ4n) is 3.69. The maximum Gasteiger partial charge on any atom is 0.329 e. The zero-order valence-electron chi connectivity index (χ0n) is 16.8. The van der Waals surface area contributed by atoms with Gasteiger partial charge in [-0.25, -0.2) is 13.6 Å². The Hall–Kier alpha value is -1.81. The van der Waals surface area contributed by atoms with Gasteiger partial charge in [-0.3, -0.25) is 4.90 Å². The zero-order chi connectivity index (χ0) is 19.9. The molecule has 31 heavy (non-hydrogen) atoms. The van der Waals surface area contributed by atoms with E-state index in [-0.39, 0.29) is 60.5 Å². The highest BCUT2D eigenvalue weighted by Gasteiger charge is 2.32. The van der Waals surface area contributed by atoms with Gasteiger partial charge in [0.2, 0.25) is 0 Å². The molecule has 0 spiro atoms. The molecular weight excluding hydrogens is 453 g/mol. The van der Waals surface area contributed by atoms with Gasteiger partial charge in [-0.1, -0.05) is 24.3 Å². The number of nitrogens with zero attached hydrogens (tertiary/aromatic N) is 1. The zero-order valence-corrected chi connectivity index (χ0v) is 18.4. The minimum atomic E-state index is -0.993. The Labute approximate surface area is 192 Å². The van der Waals surface area contributed by atoms with Crippen molar-refractivity contribution in [2.45, 2.75) is 12.0 Å². The third-order valence-electron chi connectivity index (χ3n) is 4.99. The molecule has 1 atom stereocenters. The Balaban J connectivity index is 0.00000300. The van der Waals surface area contributed by atoms with E-state index in [0.717, 1.165) is 24.2 Å². The molecule has 1 saturated heterocycles. The summed E-state index contributed by atoms with van der Waals surface area (Å²) in [6, 6.07) is 12.8. The third-order valence-corrected chi connectivity index (χ3v) is 4.99. The second-order valence-electron chi connectivity index (χ2n) is 6.83. The Morgan fingerprint density at radius 3 is 2.06 bits per heavy atom. The number of rotatable bonds is 8. The molecule has 174 valence electrons. The lowest BCUT2D eigenvalue weighted by Gasteiger charge is -2.41. The molecule has 1 fully saturated rings. The second-order valence-corrected chi connectivity index (χ2v) is 6.83. The van der Waals surface area contributed by atoms with Crippen molar-refractivity contribution in [1.82, 2.24) is 10.2 Å². The van der Waals surface area contributed by atoms with Gasteiger partial charge < -0.3 is 20.6 Å². The van der Waals surface area contributed by atoms with E-state index in [0.29, 0.717) is 19.7 Å². The number of nitrogens with one attached hydrogen (secondary N) is 1. The number of halogens is 4. The van der Waals surface area contributed by atoms with Crippen LogP contribution in [0, 0.1) is 11.6 Å². The molecule has 1 unspecified atom stereocenters. The van der Waals surface area contributed by atoms with Gasteiger partial charge in [0.1, 0.15) is 18.2 Å². The maximum absolute atomic E-state index is 13.5. The van der Waals surface area contributed by atoms with Crippen LogP contribution in [0.15, 0.2) is 48.5 Å². The summed E-state index contributed by atoms with van der Waals surface area (Å²) < 4.78 is 32.1. The Morgan fingerprint density at radius 1 is 1.06 bits per heavy atom. The minimum absolute atomic E-state index is 0. The summed E-state index contributed by atoms with van der Waals surface area (Å²) in [5, 5.41) is 12.1. The number of aliphatic carboxylic acids is 1. The number of hydrogen-bond donors (Lipinski definition) is 2. The summed E-state index contributed by atoms with van der Waals surface area (Å²) in [7, 11) is 0. The van der Waals surface area contributed by atoms with Crippen molar-refractivity contribution in [3.05, 3.63) is 71.3 Å². The number of ether oxygens (including phenoxy) is 1. The summed E-state index contributed by atoms with van der Waals surface area (Å²) >= 11 is 0. The normalized spacial score (nSPS) is 16.0. The van der Waals surface area contributed by atoms with E-state index in [1.54, 1.807) is 24.3 Å². The van der Waals surface area contributed by atoms with Crippen molar-refractivity contribution in [2.75, 3.05) is 39.4 Å². The Bertz CT molecular complexity index is 736. The van der Waals surface area contributed by atoms with Crippen molar-refractivity contribution >= 4 is 30.8 Å². The number of hydrogen-bond acceptors (Lipinski definition) is 4. The molecular formula is C21H28Cl2F2N2O4. The first kappa shape index (κ1) is 29.2. The lowest BCUT2D eigenvalue weighted by Crippen LogP contribution is -2.54. The van der Waals surface area contributed by atoms with E-state index < -0.39 is 5.97 Å². The van der Waals surface area contributed by atoms with Gasteiger partial charge in [-0.05, 0) is 35.4 Å². The average molecular weight is 481 g/mol. The largest absolute Gasteiger partial charge is 0.480 e. The van der Waals surface area contributed by atoms with Crippen molar-refractivity contribution in [3.8, 4) is 0 Å². The maximum atomic E-state index is 13.5. The van der Waals surface area contributed by atoms with E-state index in [2.05, 4.69) is 10.2 Å². The van der Waals surface area contributed by atoms with Crippen LogP contribution < -0.4 is 5.32 Å². The summed E-state index contributed by atoms with van der Waals surface area (Å²) in [4.78, 5) is 12.9. The molecule has 4 N–H and O–H groups in total. The van der Waals surface area contributed by atoms with Gasteiger partial charge in [0.15, 0.2) is 0 Å². The molecule has 0 aromatic heterocycles. The quantitative estimate of drug-likeness (QED) is 0.566. The van der Waals surface area contributed by atoms with Crippen LogP contribution in [-0.2, 0) is 9.53 Å². The van der Waals surface area contributed by atoms with Gasteiger partial charge in [0, 0.05) is 38.1 Å². The summed E-state index contributed by atoms with van der Waals surface area (Å²) in [5.74, 6) is -1.69. The fraction of sp³-hybridized carbons (Fsp3) is 0.381. The standard InChI is InChI=1S/C21H24F2N2O3.2ClH.H2O/c22-17-5-1-15(2-6-17)21(16-3-7-18(23)8-4-16)19-13-24-9-10-25(19)11-12-28-14-20(26)27;;;/h1-8,19,21,24H,9-14H2,(H,26,27);2*1H;1H2. The Kier molecular flexibility index (Phi) is 13.5. The van der Waals surface area contributed by atoms with E-state index >= 15 is 0 Å². The highest BCUT2D eigenvalue weighted by atomic mass is 35.5. The number of piperazine rings is 1. The highest BCUT2D eigenvalue weighted by Crippen LogP contribution is 2.32. The van der Waals surface area contributed by atoms with Crippen LogP contribution in [0.5, 0.6) is 0 Å².